The number of nitrogens with zero attached hydrogens (tertiary/aromatic N) is 4. The van der Waals surface area contributed by atoms with Crippen LogP contribution in [-0.4, -0.2) is 59.0 Å². The molecule has 1 aromatic rings. The molecule has 2 rings (SSSR count). The van der Waals surface area contributed by atoms with Crippen LogP contribution in [0.3, 0.4) is 0 Å². The molecule has 8 heteroatoms. The van der Waals surface area contributed by atoms with Gasteiger partial charge in [0.2, 0.25) is 5.82 Å². The number of ether oxygens (including phenoxy) is 1. The maximum Gasteiger partial charge on any atom is 0.333 e. The van der Waals surface area contributed by atoms with Crippen molar-refractivity contribution in [1.82, 2.24) is 14.7 Å². The molecule has 1 saturated heterocycles. The summed E-state index contributed by atoms with van der Waals surface area (Å²) in [5, 5.41) is 18.5. The van der Waals surface area contributed by atoms with Gasteiger partial charge in [-0.1, -0.05) is 0 Å². The highest BCUT2D eigenvalue weighted by Crippen LogP contribution is 2.27. The third kappa shape index (κ3) is 3.92. The molecule has 0 aliphatic carbocycles. The van der Waals surface area contributed by atoms with Crippen LogP contribution in [0.2, 0.25) is 0 Å². The van der Waals surface area contributed by atoms with Crippen LogP contribution in [0.1, 0.15) is 19.0 Å². The monoisotopic (exact) mass is 297 g/mol. The van der Waals surface area contributed by atoms with Gasteiger partial charge in [0.15, 0.2) is 0 Å². The number of nitro groups is 1. The van der Waals surface area contributed by atoms with E-state index < -0.39 is 0 Å². The van der Waals surface area contributed by atoms with Gasteiger partial charge in [-0.2, -0.15) is 5.10 Å². The Labute approximate surface area is 124 Å². The lowest BCUT2D eigenvalue weighted by Gasteiger charge is -2.26. The van der Waals surface area contributed by atoms with E-state index in [2.05, 4.69) is 15.3 Å². The molecule has 0 unspecified atom stereocenters. The summed E-state index contributed by atoms with van der Waals surface area (Å²) in [5.74, 6) is 0.516. The molecule has 0 aromatic carbocycles. The van der Waals surface area contributed by atoms with Gasteiger partial charge in [-0.15, -0.1) is 0 Å². The van der Waals surface area contributed by atoms with Crippen LogP contribution < -0.4 is 5.32 Å². The van der Waals surface area contributed by atoms with E-state index in [4.69, 9.17) is 4.74 Å². The molecule has 1 N–H and O–H groups in total. The fourth-order valence-electron chi connectivity index (χ4n) is 2.53. The zero-order valence-electron chi connectivity index (χ0n) is 12.7. The maximum atomic E-state index is 11.1. The van der Waals surface area contributed by atoms with E-state index in [9.17, 15) is 10.1 Å². The normalized spacial score (nSPS) is 16.1. The lowest BCUT2D eigenvalue weighted by Crippen LogP contribution is -2.37. The van der Waals surface area contributed by atoms with Gasteiger partial charge >= 0.3 is 5.69 Å². The number of anilines is 1. The first-order chi connectivity index (χ1) is 10.1. The van der Waals surface area contributed by atoms with Gasteiger partial charge in [-0.3, -0.25) is 15.0 Å². The first kappa shape index (κ1) is 15.7. The molecule has 0 saturated carbocycles. The summed E-state index contributed by atoms with van der Waals surface area (Å²) in [6, 6.07) is 0. The van der Waals surface area contributed by atoms with E-state index in [0.717, 1.165) is 39.3 Å². The molecular weight excluding hydrogens is 274 g/mol. The highest BCUT2D eigenvalue weighted by molar-refractivity contribution is 5.59. The molecule has 1 aliphatic rings. The zero-order chi connectivity index (χ0) is 15.2. The van der Waals surface area contributed by atoms with Crippen molar-refractivity contribution in [2.24, 2.45) is 0 Å². The third-order valence-corrected chi connectivity index (χ3v) is 3.63. The number of morpholine rings is 1. The van der Waals surface area contributed by atoms with Crippen molar-refractivity contribution in [2.45, 2.75) is 26.8 Å². The molecule has 1 aromatic heterocycles. The highest BCUT2D eigenvalue weighted by Gasteiger charge is 2.24. The minimum absolute atomic E-state index is 0.0863. The summed E-state index contributed by atoms with van der Waals surface area (Å²) in [6.07, 6.45) is 0.936. The van der Waals surface area contributed by atoms with E-state index in [1.807, 2.05) is 6.92 Å². The molecular formula is C13H23N5O3. The smallest absolute Gasteiger partial charge is 0.333 e. The molecule has 21 heavy (non-hydrogen) atoms. The first-order valence-electron chi connectivity index (χ1n) is 7.39. The zero-order valence-corrected chi connectivity index (χ0v) is 12.7. The second-order valence-corrected chi connectivity index (χ2v) is 5.09. The Morgan fingerprint density at radius 2 is 2.14 bits per heavy atom. The van der Waals surface area contributed by atoms with E-state index >= 15 is 0 Å². The SMILES string of the molecule is CCn1nc(C)c([N+](=O)[O-])c1NCCCN1CCOCC1. The lowest BCUT2D eigenvalue weighted by atomic mass is 10.3. The number of hydrogen-bond acceptors (Lipinski definition) is 6. The van der Waals surface area contributed by atoms with Crippen molar-refractivity contribution >= 4 is 11.5 Å². The number of aryl methyl sites for hydroxylation is 2. The maximum absolute atomic E-state index is 11.1. The average Bonchev–Trinajstić information content (AvgIpc) is 2.80. The molecule has 0 radical (unpaired) electrons. The van der Waals surface area contributed by atoms with Crippen LogP contribution in [0, 0.1) is 17.0 Å². The Kier molecular flexibility index (Phi) is 5.51. The summed E-state index contributed by atoms with van der Waals surface area (Å²) in [6.45, 7) is 9.39. The molecule has 0 bridgehead atoms. The largest absolute Gasteiger partial charge is 0.379 e. The van der Waals surface area contributed by atoms with Crippen molar-refractivity contribution in [3.63, 3.8) is 0 Å². The third-order valence-electron chi connectivity index (χ3n) is 3.63. The Balaban J connectivity index is 1.88. The van der Waals surface area contributed by atoms with Crippen LogP contribution in [0.4, 0.5) is 11.5 Å². The van der Waals surface area contributed by atoms with Crippen molar-refractivity contribution in [2.75, 3.05) is 44.7 Å². The van der Waals surface area contributed by atoms with Crippen LogP contribution in [0.5, 0.6) is 0 Å². The molecule has 0 atom stereocenters. The number of hydrogen-bond donors (Lipinski definition) is 1. The first-order valence-corrected chi connectivity index (χ1v) is 7.39. The standard InChI is InChI=1S/C13H23N5O3/c1-3-17-13(12(18(19)20)11(2)15-17)14-5-4-6-16-7-9-21-10-8-16/h14H,3-10H2,1-2H3. The summed E-state index contributed by atoms with van der Waals surface area (Å²) in [5.41, 5.74) is 0.542. The molecule has 1 aliphatic heterocycles. The minimum atomic E-state index is -0.362. The molecule has 0 spiro atoms. The molecule has 8 nitrogen and oxygen atoms in total. The van der Waals surface area contributed by atoms with Gasteiger partial charge in [0.25, 0.3) is 0 Å². The lowest BCUT2D eigenvalue weighted by molar-refractivity contribution is -0.384. The Morgan fingerprint density at radius 1 is 1.43 bits per heavy atom. The molecule has 1 fully saturated rings. The van der Waals surface area contributed by atoms with E-state index in [-0.39, 0.29) is 10.6 Å². The van der Waals surface area contributed by atoms with Gasteiger partial charge in [0, 0.05) is 26.2 Å². The Morgan fingerprint density at radius 3 is 2.76 bits per heavy atom. The van der Waals surface area contributed by atoms with E-state index in [1.54, 1.807) is 11.6 Å². The van der Waals surface area contributed by atoms with Gasteiger partial charge < -0.3 is 10.1 Å². The second-order valence-electron chi connectivity index (χ2n) is 5.09. The number of rotatable bonds is 7. The van der Waals surface area contributed by atoms with E-state index in [0.29, 0.717) is 24.6 Å². The summed E-state index contributed by atoms with van der Waals surface area (Å²) in [7, 11) is 0. The van der Waals surface area contributed by atoms with Crippen LogP contribution in [0.25, 0.3) is 0 Å². The fourth-order valence-corrected chi connectivity index (χ4v) is 2.53. The average molecular weight is 297 g/mol. The van der Waals surface area contributed by atoms with Crippen LogP contribution in [-0.2, 0) is 11.3 Å². The van der Waals surface area contributed by atoms with Crippen LogP contribution >= 0.6 is 0 Å². The summed E-state index contributed by atoms with van der Waals surface area (Å²) < 4.78 is 6.96. The Hall–Kier alpha value is -1.67. The van der Waals surface area contributed by atoms with Gasteiger partial charge in [0.1, 0.15) is 5.69 Å². The van der Waals surface area contributed by atoms with Crippen molar-refractivity contribution in [3.8, 4) is 0 Å². The predicted molar refractivity (Wildman–Crippen MR) is 79.7 cm³/mol. The molecule has 2 heterocycles. The topological polar surface area (TPSA) is 85.5 Å². The van der Waals surface area contributed by atoms with Gasteiger partial charge in [-0.25, -0.2) is 4.68 Å². The highest BCUT2D eigenvalue weighted by atomic mass is 16.6. The summed E-state index contributed by atoms with van der Waals surface area (Å²) in [4.78, 5) is 13.1. The van der Waals surface area contributed by atoms with Gasteiger partial charge in [-0.05, 0) is 26.8 Å². The second kappa shape index (κ2) is 7.37. The van der Waals surface area contributed by atoms with Crippen molar-refractivity contribution in [1.29, 1.82) is 0 Å². The van der Waals surface area contributed by atoms with Crippen LogP contribution in [0.15, 0.2) is 0 Å². The van der Waals surface area contributed by atoms with Gasteiger partial charge in [0.05, 0.1) is 18.1 Å². The fraction of sp³-hybridized carbons (Fsp3) is 0.769. The summed E-state index contributed by atoms with van der Waals surface area (Å²) >= 11 is 0. The minimum Gasteiger partial charge on any atom is -0.379 e. The van der Waals surface area contributed by atoms with Crippen molar-refractivity contribution < 1.29 is 9.66 Å². The molecule has 118 valence electrons. The number of aromatic nitrogens is 2. The van der Waals surface area contributed by atoms with Crippen molar-refractivity contribution in [3.05, 3.63) is 15.8 Å². The molecule has 0 amide bonds. The predicted octanol–water partition coefficient (Wildman–Crippen LogP) is 1.25. The number of nitrogens with one attached hydrogen (secondary N) is 1. The Bertz CT molecular complexity index is 482. The van der Waals surface area contributed by atoms with E-state index in [1.165, 1.54) is 0 Å². The quantitative estimate of drug-likeness (QED) is 0.463.